The first-order valence-corrected chi connectivity index (χ1v) is 9.29. The summed E-state index contributed by atoms with van der Waals surface area (Å²) in [5, 5.41) is 0.659. The van der Waals surface area contributed by atoms with E-state index in [1.807, 2.05) is 19.2 Å². The molecule has 4 rings (SSSR count). The largest absolute Gasteiger partial charge is 0.354 e. The van der Waals surface area contributed by atoms with Crippen LogP contribution in [0.15, 0.2) is 41.3 Å². The SMILES string of the molecule is Cc1ccc(N2CCN(Cc3ccc4cc(Cl)c(=O)[nH]c4c3F)CC2)nc1. The molecule has 1 N–H and O–H groups in total. The van der Waals surface area contributed by atoms with Gasteiger partial charge in [-0.25, -0.2) is 9.37 Å². The summed E-state index contributed by atoms with van der Waals surface area (Å²) in [4.78, 5) is 23.2. The molecule has 0 radical (unpaired) electrons. The van der Waals surface area contributed by atoms with Crippen LogP contribution in [0.5, 0.6) is 0 Å². The van der Waals surface area contributed by atoms with Crippen molar-refractivity contribution in [2.24, 2.45) is 0 Å². The van der Waals surface area contributed by atoms with Gasteiger partial charge in [0.25, 0.3) is 5.56 Å². The van der Waals surface area contributed by atoms with Gasteiger partial charge in [0.2, 0.25) is 0 Å². The van der Waals surface area contributed by atoms with Crippen molar-refractivity contribution in [1.29, 1.82) is 0 Å². The van der Waals surface area contributed by atoms with Gasteiger partial charge in [-0.3, -0.25) is 9.69 Å². The molecule has 1 saturated heterocycles. The molecule has 0 saturated carbocycles. The summed E-state index contributed by atoms with van der Waals surface area (Å²) in [7, 11) is 0. The van der Waals surface area contributed by atoms with Crippen molar-refractivity contribution >= 4 is 28.3 Å². The molecular weight excluding hydrogens is 367 g/mol. The molecule has 2 aromatic heterocycles. The van der Waals surface area contributed by atoms with Gasteiger partial charge in [0, 0.05) is 49.9 Å². The molecule has 5 nitrogen and oxygen atoms in total. The molecule has 0 amide bonds. The Labute approximate surface area is 161 Å². The fraction of sp³-hybridized carbons (Fsp3) is 0.300. The molecule has 0 bridgehead atoms. The van der Waals surface area contributed by atoms with Crippen LogP contribution in [0.25, 0.3) is 10.9 Å². The number of benzene rings is 1. The van der Waals surface area contributed by atoms with E-state index >= 15 is 0 Å². The lowest BCUT2D eigenvalue weighted by molar-refractivity contribution is 0.246. The van der Waals surface area contributed by atoms with Gasteiger partial charge in [-0.1, -0.05) is 29.8 Å². The maximum atomic E-state index is 14.9. The van der Waals surface area contributed by atoms with Crippen molar-refractivity contribution in [2.45, 2.75) is 13.5 Å². The lowest BCUT2D eigenvalue weighted by Gasteiger charge is -2.35. The molecule has 3 aromatic rings. The summed E-state index contributed by atoms with van der Waals surface area (Å²) in [6.45, 7) is 5.86. The first kappa shape index (κ1) is 17.9. The highest BCUT2D eigenvalue weighted by Crippen LogP contribution is 2.22. The third-order valence-electron chi connectivity index (χ3n) is 4.98. The number of H-pyrrole nitrogens is 1. The third-order valence-corrected chi connectivity index (χ3v) is 5.26. The van der Waals surface area contributed by atoms with E-state index in [1.54, 1.807) is 12.1 Å². The minimum atomic E-state index is -0.473. The number of anilines is 1. The Bertz CT molecular complexity index is 1030. The van der Waals surface area contributed by atoms with E-state index in [4.69, 9.17) is 11.6 Å². The van der Waals surface area contributed by atoms with Crippen molar-refractivity contribution in [3.63, 3.8) is 0 Å². The smallest absolute Gasteiger partial charge is 0.267 e. The van der Waals surface area contributed by atoms with Crippen molar-refractivity contribution in [1.82, 2.24) is 14.9 Å². The normalized spacial score (nSPS) is 15.4. The van der Waals surface area contributed by atoms with Gasteiger partial charge in [-0.05, 0) is 24.6 Å². The maximum absolute atomic E-state index is 14.9. The molecule has 1 aromatic carbocycles. The highest BCUT2D eigenvalue weighted by Gasteiger charge is 2.20. The highest BCUT2D eigenvalue weighted by molar-refractivity contribution is 6.31. The van der Waals surface area contributed by atoms with Crippen LogP contribution in [0.1, 0.15) is 11.1 Å². The Morgan fingerprint density at radius 2 is 1.96 bits per heavy atom. The summed E-state index contributed by atoms with van der Waals surface area (Å²) in [6.07, 6.45) is 1.87. The summed E-state index contributed by atoms with van der Waals surface area (Å²) in [5.41, 5.74) is 1.45. The first-order chi connectivity index (χ1) is 13.0. The standard InChI is InChI=1S/C20H20ClFN4O/c1-13-2-5-17(23-11-13)26-8-6-25(7-9-26)12-15-4-3-14-10-16(21)20(27)24-19(14)18(15)22/h2-5,10-11H,6-9,12H2,1H3,(H,24,27). The Kier molecular flexibility index (Phi) is 4.85. The molecule has 0 unspecified atom stereocenters. The summed E-state index contributed by atoms with van der Waals surface area (Å²) < 4.78 is 14.9. The molecule has 0 aliphatic carbocycles. The molecule has 140 valence electrons. The second-order valence-electron chi connectivity index (χ2n) is 6.91. The average Bonchev–Trinajstić information content (AvgIpc) is 2.67. The zero-order valence-electron chi connectivity index (χ0n) is 15.0. The van der Waals surface area contributed by atoms with Crippen LogP contribution in [0.4, 0.5) is 10.2 Å². The lowest BCUT2D eigenvalue weighted by Crippen LogP contribution is -2.46. The predicted molar refractivity (Wildman–Crippen MR) is 106 cm³/mol. The average molecular weight is 387 g/mol. The Morgan fingerprint density at radius 3 is 2.67 bits per heavy atom. The van der Waals surface area contributed by atoms with E-state index in [9.17, 15) is 9.18 Å². The monoisotopic (exact) mass is 386 g/mol. The zero-order chi connectivity index (χ0) is 19.0. The maximum Gasteiger partial charge on any atom is 0.267 e. The molecule has 7 heteroatoms. The van der Waals surface area contributed by atoms with Gasteiger partial charge in [-0.15, -0.1) is 0 Å². The second kappa shape index (κ2) is 7.29. The van der Waals surface area contributed by atoms with E-state index in [0.29, 0.717) is 17.5 Å². The van der Waals surface area contributed by atoms with Gasteiger partial charge in [0.05, 0.1) is 5.52 Å². The topological polar surface area (TPSA) is 52.2 Å². The molecule has 27 heavy (non-hydrogen) atoms. The number of rotatable bonds is 3. The third kappa shape index (κ3) is 3.68. The number of hydrogen-bond donors (Lipinski definition) is 1. The Balaban J connectivity index is 1.47. The molecular formula is C20H20ClFN4O. The van der Waals surface area contributed by atoms with Crippen molar-refractivity contribution < 1.29 is 4.39 Å². The summed E-state index contributed by atoms with van der Waals surface area (Å²) in [6, 6.07) is 9.15. The summed E-state index contributed by atoms with van der Waals surface area (Å²) in [5.74, 6) is 0.593. The van der Waals surface area contributed by atoms with Crippen LogP contribution in [0, 0.1) is 12.7 Å². The molecule has 3 heterocycles. The number of aromatic nitrogens is 2. The second-order valence-corrected chi connectivity index (χ2v) is 7.31. The fourth-order valence-electron chi connectivity index (χ4n) is 3.40. The number of halogens is 2. The van der Waals surface area contributed by atoms with E-state index in [0.717, 1.165) is 37.6 Å². The zero-order valence-corrected chi connectivity index (χ0v) is 15.8. The van der Waals surface area contributed by atoms with E-state index in [-0.39, 0.29) is 16.4 Å². The number of pyridine rings is 2. The number of nitrogens with zero attached hydrogens (tertiary/aromatic N) is 3. The minimum Gasteiger partial charge on any atom is -0.354 e. The van der Waals surface area contributed by atoms with E-state index in [1.165, 1.54) is 6.07 Å². The Morgan fingerprint density at radius 1 is 1.19 bits per heavy atom. The lowest BCUT2D eigenvalue weighted by atomic mass is 10.1. The Hall–Kier alpha value is -2.44. The van der Waals surface area contributed by atoms with Gasteiger partial charge >= 0.3 is 0 Å². The highest BCUT2D eigenvalue weighted by atomic mass is 35.5. The number of hydrogen-bond acceptors (Lipinski definition) is 4. The molecule has 0 atom stereocenters. The van der Waals surface area contributed by atoms with Gasteiger partial charge < -0.3 is 9.88 Å². The number of nitrogens with one attached hydrogen (secondary N) is 1. The number of fused-ring (bicyclic) bond motifs is 1. The number of piperazine rings is 1. The van der Waals surface area contributed by atoms with Crippen molar-refractivity contribution in [2.75, 3.05) is 31.1 Å². The number of aromatic amines is 1. The molecule has 1 aliphatic rings. The van der Waals surface area contributed by atoms with Crippen LogP contribution in [0.3, 0.4) is 0 Å². The fourth-order valence-corrected chi connectivity index (χ4v) is 3.57. The van der Waals surface area contributed by atoms with Crippen LogP contribution in [-0.2, 0) is 6.54 Å². The number of aryl methyl sites for hydroxylation is 1. The molecule has 1 fully saturated rings. The quantitative estimate of drug-likeness (QED) is 0.750. The van der Waals surface area contributed by atoms with Crippen LogP contribution < -0.4 is 10.5 Å². The van der Waals surface area contributed by atoms with Crippen LogP contribution in [-0.4, -0.2) is 41.0 Å². The molecule has 0 spiro atoms. The van der Waals surface area contributed by atoms with Crippen LogP contribution in [0.2, 0.25) is 5.02 Å². The van der Waals surface area contributed by atoms with Crippen molar-refractivity contribution in [3.05, 3.63) is 68.8 Å². The predicted octanol–water partition coefficient (Wildman–Crippen LogP) is 3.35. The van der Waals surface area contributed by atoms with Crippen LogP contribution >= 0.6 is 11.6 Å². The first-order valence-electron chi connectivity index (χ1n) is 8.91. The van der Waals surface area contributed by atoms with Gasteiger partial charge in [0.1, 0.15) is 10.8 Å². The van der Waals surface area contributed by atoms with Gasteiger partial charge in [0.15, 0.2) is 5.82 Å². The summed E-state index contributed by atoms with van der Waals surface area (Å²) >= 11 is 5.82. The van der Waals surface area contributed by atoms with E-state index < -0.39 is 5.56 Å². The van der Waals surface area contributed by atoms with Crippen molar-refractivity contribution in [3.8, 4) is 0 Å². The van der Waals surface area contributed by atoms with E-state index in [2.05, 4.69) is 25.8 Å². The van der Waals surface area contributed by atoms with Gasteiger partial charge in [-0.2, -0.15) is 0 Å². The molecule has 1 aliphatic heterocycles. The minimum absolute atomic E-state index is 0.0653.